The van der Waals surface area contributed by atoms with Crippen molar-refractivity contribution in [2.45, 2.75) is 13.1 Å². The maximum absolute atomic E-state index is 13.2. The predicted molar refractivity (Wildman–Crippen MR) is 84.0 cm³/mol. The molecule has 25 heavy (non-hydrogen) atoms. The van der Waals surface area contributed by atoms with Crippen molar-refractivity contribution in [3.63, 3.8) is 0 Å². The number of rotatable bonds is 2. The molecule has 0 aliphatic heterocycles. The van der Waals surface area contributed by atoms with Crippen LogP contribution in [0.5, 0.6) is 0 Å². The summed E-state index contributed by atoms with van der Waals surface area (Å²) in [5.41, 5.74) is 1.22. The van der Waals surface area contributed by atoms with E-state index in [2.05, 4.69) is 25.4 Å². The van der Waals surface area contributed by atoms with E-state index in [0.29, 0.717) is 33.5 Å². The number of alkyl halides is 3. The van der Waals surface area contributed by atoms with E-state index in [-0.39, 0.29) is 0 Å². The molecule has 126 valence electrons. The Hall–Kier alpha value is -3.23. The first-order valence-corrected chi connectivity index (χ1v) is 7.31. The van der Waals surface area contributed by atoms with Gasteiger partial charge in [-0.25, -0.2) is 4.98 Å². The third-order valence-corrected chi connectivity index (χ3v) is 3.93. The summed E-state index contributed by atoms with van der Waals surface area (Å²) in [6.45, 7) is 1.75. The smallest absolute Gasteiger partial charge is 0.278 e. The Labute approximate surface area is 139 Å². The van der Waals surface area contributed by atoms with E-state index in [1.165, 1.54) is 18.9 Å². The van der Waals surface area contributed by atoms with Gasteiger partial charge in [0.25, 0.3) is 0 Å². The number of hydrogen-bond donors (Lipinski definition) is 1. The number of halogens is 3. The van der Waals surface area contributed by atoms with Gasteiger partial charge in [0.1, 0.15) is 18.5 Å². The standard InChI is InChI=1S/C16H11F3N6/c1-9-11(2-3-15(23-9)25-7-21-22-8-25)12-4-10(16(17,18)19)5-14-13(12)6-20-24-14/h2-8H,1H3,(H,20,24). The second kappa shape index (κ2) is 5.40. The van der Waals surface area contributed by atoms with Crippen molar-refractivity contribution in [2.75, 3.05) is 0 Å². The minimum Gasteiger partial charge on any atom is -0.278 e. The van der Waals surface area contributed by atoms with Gasteiger partial charge in [-0.05, 0) is 36.8 Å². The van der Waals surface area contributed by atoms with Crippen LogP contribution >= 0.6 is 0 Å². The Morgan fingerprint density at radius 1 is 1.04 bits per heavy atom. The summed E-state index contributed by atoms with van der Waals surface area (Å²) < 4.78 is 41.2. The van der Waals surface area contributed by atoms with Gasteiger partial charge in [-0.2, -0.15) is 18.3 Å². The van der Waals surface area contributed by atoms with Crippen LogP contribution in [-0.2, 0) is 6.18 Å². The van der Waals surface area contributed by atoms with E-state index in [1.54, 1.807) is 23.6 Å². The van der Waals surface area contributed by atoms with E-state index < -0.39 is 11.7 Å². The van der Waals surface area contributed by atoms with E-state index in [1.807, 2.05) is 0 Å². The number of pyridine rings is 1. The van der Waals surface area contributed by atoms with Crippen molar-refractivity contribution >= 4 is 10.9 Å². The number of hydrogen-bond acceptors (Lipinski definition) is 4. The molecule has 4 aromatic rings. The zero-order valence-electron chi connectivity index (χ0n) is 12.9. The van der Waals surface area contributed by atoms with Crippen LogP contribution in [0.2, 0.25) is 0 Å². The number of aryl methyl sites for hydroxylation is 1. The molecule has 6 nitrogen and oxygen atoms in total. The third-order valence-electron chi connectivity index (χ3n) is 3.93. The van der Waals surface area contributed by atoms with Gasteiger partial charge in [-0.3, -0.25) is 9.67 Å². The molecule has 0 radical (unpaired) electrons. The van der Waals surface area contributed by atoms with Gasteiger partial charge in [0, 0.05) is 16.6 Å². The SMILES string of the molecule is Cc1nc(-n2cnnc2)ccc1-c1cc(C(F)(F)F)cc2[nH]ncc12. The van der Waals surface area contributed by atoms with Crippen LogP contribution in [0, 0.1) is 6.92 Å². The summed E-state index contributed by atoms with van der Waals surface area (Å²) in [6, 6.07) is 5.62. The van der Waals surface area contributed by atoms with Crippen LogP contribution in [0.15, 0.2) is 43.1 Å². The van der Waals surface area contributed by atoms with Crippen LogP contribution < -0.4 is 0 Å². The number of H-pyrrole nitrogens is 1. The minimum atomic E-state index is -4.45. The summed E-state index contributed by atoms with van der Waals surface area (Å²) in [5.74, 6) is 0.585. The molecule has 0 saturated heterocycles. The number of fused-ring (bicyclic) bond motifs is 1. The number of nitrogens with one attached hydrogen (secondary N) is 1. The number of benzene rings is 1. The first-order chi connectivity index (χ1) is 11.9. The molecule has 9 heteroatoms. The zero-order chi connectivity index (χ0) is 17.6. The molecule has 0 saturated carbocycles. The average molecular weight is 344 g/mol. The fraction of sp³-hybridized carbons (Fsp3) is 0.125. The van der Waals surface area contributed by atoms with Gasteiger partial charge in [0.2, 0.25) is 0 Å². The molecule has 0 amide bonds. The number of nitrogens with zero attached hydrogens (tertiary/aromatic N) is 5. The lowest BCUT2D eigenvalue weighted by atomic mass is 9.98. The molecular formula is C16H11F3N6. The lowest BCUT2D eigenvalue weighted by Gasteiger charge is -2.13. The van der Waals surface area contributed by atoms with Crippen molar-refractivity contribution in [1.82, 2.24) is 29.9 Å². The molecule has 3 aromatic heterocycles. The van der Waals surface area contributed by atoms with Crippen LogP contribution in [0.3, 0.4) is 0 Å². The Kier molecular flexibility index (Phi) is 3.31. The molecule has 0 aliphatic rings. The molecule has 0 bridgehead atoms. The molecule has 1 N–H and O–H groups in total. The highest BCUT2D eigenvalue weighted by molar-refractivity contribution is 5.95. The number of aromatic nitrogens is 6. The monoisotopic (exact) mass is 344 g/mol. The van der Waals surface area contributed by atoms with Crippen molar-refractivity contribution in [3.8, 4) is 16.9 Å². The lowest BCUT2D eigenvalue weighted by molar-refractivity contribution is -0.137. The third kappa shape index (κ3) is 2.63. The van der Waals surface area contributed by atoms with Gasteiger partial charge in [-0.15, -0.1) is 10.2 Å². The molecule has 0 spiro atoms. The first kappa shape index (κ1) is 15.3. The van der Waals surface area contributed by atoms with Crippen molar-refractivity contribution < 1.29 is 13.2 Å². The van der Waals surface area contributed by atoms with Gasteiger partial charge < -0.3 is 0 Å². The molecule has 1 aromatic carbocycles. The molecule has 0 aliphatic carbocycles. The Balaban J connectivity index is 1.91. The van der Waals surface area contributed by atoms with Crippen LogP contribution in [0.1, 0.15) is 11.3 Å². The summed E-state index contributed by atoms with van der Waals surface area (Å²) in [5, 5.41) is 14.5. The normalized spacial score (nSPS) is 12.0. The second-order valence-corrected chi connectivity index (χ2v) is 5.52. The van der Waals surface area contributed by atoms with Crippen LogP contribution in [0.4, 0.5) is 13.2 Å². The Morgan fingerprint density at radius 2 is 1.80 bits per heavy atom. The van der Waals surface area contributed by atoms with Gasteiger partial charge in [-0.1, -0.05) is 0 Å². The van der Waals surface area contributed by atoms with E-state index in [9.17, 15) is 13.2 Å². The largest absolute Gasteiger partial charge is 0.416 e. The number of aromatic amines is 1. The maximum atomic E-state index is 13.2. The second-order valence-electron chi connectivity index (χ2n) is 5.52. The zero-order valence-corrected chi connectivity index (χ0v) is 12.9. The van der Waals surface area contributed by atoms with Crippen LogP contribution in [0.25, 0.3) is 27.8 Å². The highest BCUT2D eigenvalue weighted by atomic mass is 19.4. The van der Waals surface area contributed by atoms with Crippen molar-refractivity contribution in [3.05, 3.63) is 54.4 Å². The summed E-state index contributed by atoms with van der Waals surface area (Å²) in [6.07, 6.45) is 0.0652. The van der Waals surface area contributed by atoms with E-state index in [0.717, 1.165) is 12.1 Å². The topological polar surface area (TPSA) is 72.3 Å². The maximum Gasteiger partial charge on any atom is 0.416 e. The summed E-state index contributed by atoms with van der Waals surface area (Å²) in [7, 11) is 0. The predicted octanol–water partition coefficient (Wildman–Crippen LogP) is 3.53. The Morgan fingerprint density at radius 3 is 2.48 bits per heavy atom. The average Bonchev–Trinajstić information content (AvgIpc) is 3.24. The van der Waals surface area contributed by atoms with E-state index >= 15 is 0 Å². The molecule has 0 unspecified atom stereocenters. The lowest BCUT2D eigenvalue weighted by Crippen LogP contribution is -2.05. The molecule has 0 fully saturated rings. The quantitative estimate of drug-likeness (QED) is 0.604. The van der Waals surface area contributed by atoms with Crippen molar-refractivity contribution in [2.24, 2.45) is 0 Å². The highest BCUT2D eigenvalue weighted by Gasteiger charge is 2.32. The minimum absolute atomic E-state index is 0.326. The first-order valence-electron chi connectivity index (χ1n) is 7.31. The highest BCUT2D eigenvalue weighted by Crippen LogP contribution is 2.37. The van der Waals surface area contributed by atoms with Gasteiger partial charge in [0.15, 0.2) is 0 Å². The summed E-state index contributed by atoms with van der Waals surface area (Å²) in [4.78, 5) is 4.45. The molecule has 3 heterocycles. The summed E-state index contributed by atoms with van der Waals surface area (Å²) >= 11 is 0. The van der Waals surface area contributed by atoms with E-state index in [4.69, 9.17) is 0 Å². The fourth-order valence-corrected chi connectivity index (χ4v) is 2.73. The molecular weight excluding hydrogens is 333 g/mol. The molecule has 4 rings (SSSR count). The van der Waals surface area contributed by atoms with Gasteiger partial charge in [0.05, 0.1) is 17.3 Å². The fourth-order valence-electron chi connectivity index (χ4n) is 2.73. The Bertz CT molecular complexity index is 1050. The van der Waals surface area contributed by atoms with Crippen molar-refractivity contribution in [1.29, 1.82) is 0 Å². The van der Waals surface area contributed by atoms with Crippen LogP contribution in [-0.4, -0.2) is 29.9 Å². The van der Waals surface area contributed by atoms with Gasteiger partial charge >= 0.3 is 6.18 Å². The molecule has 0 atom stereocenters.